The van der Waals surface area contributed by atoms with Gasteiger partial charge < -0.3 is 14.8 Å². The number of amides is 1. The topological polar surface area (TPSA) is 47.6 Å². The molecule has 4 heteroatoms. The minimum atomic E-state index is -0.0229. The van der Waals surface area contributed by atoms with Crippen molar-refractivity contribution in [2.75, 3.05) is 18.5 Å². The SMILES string of the molecule is CCOc1cccc(NC(=O)CCCOc2ccccc2)c1. The molecule has 1 N–H and O–H groups in total. The maximum absolute atomic E-state index is 11.9. The number of hydrogen-bond acceptors (Lipinski definition) is 3. The van der Waals surface area contributed by atoms with Crippen molar-refractivity contribution in [1.29, 1.82) is 0 Å². The standard InChI is InChI=1S/C18H21NO3/c1-2-21-17-11-6-8-15(14-17)19-18(20)12-7-13-22-16-9-4-3-5-10-16/h3-6,8-11,14H,2,7,12-13H2,1H3,(H,19,20). The van der Waals surface area contributed by atoms with Gasteiger partial charge in [-0.05, 0) is 37.6 Å². The van der Waals surface area contributed by atoms with Crippen molar-refractivity contribution in [3.05, 3.63) is 54.6 Å². The fourth-order valence-electron chi connectivity index (χ4n) is 1.99. The van der Waals surface area contributed by atoms with Crippen LogP contribution in [0.15, 0.2) is 54.6 Å². The van der Waals surface area contributed by atoms with Gasteiger partial charge in [-0.2, -0.15) is 0 Å². The van der Waals surface area contributed by atoms with Gasteiger partial charge in [-0.15, -0.1) is 0 Å². The van der Waals surface area contributed by atoms with E-state index in [0.29, 0.717) is 26.1 Å². The van der Waals surface area contributed by atoms with E-state index in [1.165, 1.54) is 0 Å². The van der Waals surface area contributed by atoms with Gasteiger partial charge in [0, 0.05) is 18.2 Å². The summed E-state index contributed by atoms with van der Waals surface area (Å²) in [6, 6.07) is 17.0. The molecule has 0 aliphatic rings. The quantitative estimate of drug-likeness (QED) is 0.752. The van der Waals surface area contributed by atoms with Gasteiger partial charge in [0.25, 0.3) is 0 Å². The lowest BCUT2D eigenvalue weighted by Crippen LogP contribution is -2.12. The number of para-hydroxylation sites is 1. The molecule has 0 heterocycles. The molecule has 4 nitrogen and oxygen atoms in total. The van der Waals surface area contributed by atoms with Crippen LogP contribution in [0.4, 0.5) is 5.69 Å². The third kappa shape index (κ3) is 5.48. The maximum Gasteiger partial charge on any atom is 0.224 e. The Morgan fingerprint density at radius 1 is 1.00 bits per heavy atom. The molecule has 22 heavy (non-hydrogen) atoms. The second-order valence-corrected chi connectivity index (χ2v) is 4.77. The van der Waals surface area contributed by atoms with Gasteiger partial charge in [-0.3, -0.25) is 4.79 Å². The fraction of sp³-hybridized carbons (Fsp3) is 0.278. The highest BCUT2D eigenvalue weighted by molar-refractivity contribution is 5.90. The third-order valence-electron chi connectivity index (χ3n) is 2.99. The Morgan fingerprint density at radius 2 is 1.77 bits per heavy atom. The lowest BCUT2D eigenvalue weighted by Gasteiger charge is -2.08. The minimum Gasteiger partial charge on any atom is -0.494 e. The highest BCUT2D eigenvalue weighted by Crippen LogP contribution is 2.17. The molecule has 2 rings (SSSR count). The first-order valence-corrected chi connectivity index (χ1v) is 7.48. The van der Waals surface area contributed by atoms with E-state index in [2.05, 4.69) is 5.32 Å². The molecule has 1 amide bonds. The van der Waals surface area contributed by atoms with Crippen LogP contribution in [0, 0.1) is 0 Å². The average molecular weight is 299 g/mol. The zero-order valence-corrected chi connectivity index (χ0v) is 12.7. The highest BCUT2D eigenvalue weighted by atomic mass is 16.5. The molecule has 0 saturated heterocycles. The van der Waals surface area contributed by atoms with E-state index in [4.69, 9.17) is 9.47 Å². The summed E-state index contributed by atoms with van der Waals surface area (Å²) in [5.41, 5.74) is 0.750. The van der Waals surface area contributed by atoms with Gasteiger partial charge in [0.2, 0.25) is 5.91 Å². The van der Waals surface area contributed by atoms with E-state index in [9.17, 15) is 4.79 Å². The van der Waals surface area contributed by atoms with E-state index in [0.717, 1.165) is 17.2 Å². The number of carbonyl (C=O) groups excluding carboxylic acids is 1. The van der Waals surface area contributed by atoms with Crippen molar-refractivity contribution in [1.82, 2.24) is 0 Å². The van der Waals surface area contributed by atoms with Crippen molar-refractivity contribution >= 4 is 11.6 Å². The summed E-state index contributed by atoms with van der Waals surface area (Å²) in [6.45, 7) is 3.06. The molecular weight excluding hydrogens is 278 g/mol. The summed E-state index contributed by atoms with van der Waals surface area (Å²) >= 11 is 0. The number of hydrogen-bond donors (Lipinski definition) is 1. The van der Waals surface area contributed by atoms with Gasteiger partial charge in [0.05, 0.1) is 13.2 Å². The van der Waals surface area contributed by atoms with Crippen LogP contribution in [-0.2, 0) is 4.79 Å². The Kier molecular flexibility index (Phi) is 6.30. The molecule has 0 unspecified atom stereocenters. The first-order valence-electron chi connectivity index (χ1n) is 7.48. The average Bonchev–Trinajstić information content (AvgIpc) is 2.53. The summed E-state index contributed by atoms with van der Waals surface area (Å²) in [6.07, 6.45) is 1.09. The summed E-state index contributed by atoms with van der Waals surface area (Å²) < 4.78 is 11.0. The molecule has 0 radical (unpaired) electrons. The van der Waals surface area contributed by atoms with Crippen LogP contribution >= 0.6 is 0 Å². The number of benzene rings is 2. The van der Waals surface area contributed by atoms with Crippen LogP contribution in [0.2, 0.25) is 0 Å². The molecule has 0 aliphatic carbocycles. The second-order valence-electron chi connectivity index (χ2n) is 4.77. The predicted octanol–water partition coefficient (Wildman–Crippen LogP) is 3.88. The van der Waals surface area contributed by atoms with Crippen molar-refractivity contribution < 1.29 is 14.3 Å². The van der Waals surface area contributed by atoms with E-state index < -0.39 is 0 Å². The zero-order chi connectivity index (χ0) is 15.6. The minimum absolute atomic E-state index is 0.0229. The number of anilines is 1. The molecule has 0 aromatic heterocycles. The van der Waals surface area contributed by atoms with Gasteiger partial charge in [0.15, 0.2) is 0 Å². The molecule has 2 aromatic rings. The number of nitrogens with one attached hydrogen (secondary N) is 1. The van der Waals surface area contributed by atoms with Crippen molar-refractivity contribution in [2.24, 2.45) is 0 Å². The molecule has 0 fully saturated rings. The lowest BCUT2D eigenvalue weighted by molar-refractivity contribution is -0.116. The smallest absolute Gasteiger partial charge is 0.224 e. The van der Waals surface area contributed by atoms with E-state index in [1.807, 2.05) is 61.5 Å². The maximum atomic E-state index is 11.9. The van der Waals surface area contributed by atoms with Crippen molar-refractivity contribution in [2.45, 2.75) is 19.8 Å². The van der Waals surface area contributed by atoms with Crippen LogP contribution in [0.3, 0.4) is 0 Å². The van der Waals surface area contributed by atoms with Crippen molar-refractivity contribution in [3.63, 3.8) is 0 Å². The summed E-state index contributed by atoms with van der Waals surface area (Å²) in [5, 5.41) is 2.86. The molecule has 0 spiro atoms. The molecule has 0 atom stereocenters. The number of carbonyl (C=O) groups is 1. The van der Waals surface area contributed by atoms with Crippen LogP contribution < -0.4 is 14.8 Å². The van der Waals surface area contributed by atoms with E-state index in [1.54, 1.807) is 0 Å². The molecule has 116 valence electrons. The Bertz CT molecular complexity index is 584. The predicted molar refractivity (Wildman–Crippen MR) is 87.4 cm³/mol. The Morgan fingerprint density at radius 3 is 2.55 bits per heavy atom. The molecule has 0 saturated carbocycles. The summed E-state index contributed by atoms with van der Waals surface area (Å²) in [7, 11) is 0. The molecule has 0 aliphatic heterocycles. The summed E-state index contributed by atoms with van der Waals surface area (Å²) in [4.78, 5) is 11.9. The lowest BCUT2D eigenvalue weighted by atomic mass is 10.2. The zero-order valence-electron chi connectivity index (χ0n) is 12.7. The van der Waals surface area contributed by atoms with Gasteiger partial charge in [-0.1, -0.05) is 24.3 Å². The Hall–Kier alpha value is -2.49. The number of rotatable bonds is 8. The number of ether oxygens (including phenoxy) is 2. The summed E-state index contributed by atoms with van der Waals surface area (Å²) in [5.74, 6) is 1.56. The largest absolute Gasteiger partial charge is 0.494 e. The van der Waals surface area contributed by atoms with Crippen LogP contribution in [0.5, 0.6) is 11.5 Å². The van der Waals surface area contributed by atoms with Crippen LogP contribution in [0.1, 0.15) is 19.8 Å². The van der Waals surface area contributed by atoms with E-state index in [-0.39, 0.29) is 5.91 Å². The van der Waals surface area contributed by atoms with E-state index >= 15 is 0 Å². The van der Waals surface area contributed by atoms with Crippen LogP contribution in [-0.4, -0.2) is 19.1 Å². The second kappa shape index (κ2) is 8.72. The monoisotopic (exact) mass is 299 g/mol. The first-order chi connectivity index (χ1) is 10.8. The normalized spacial score (nSPS) is 10.0. The highest BCUT2D eigenvalue weighted by Gasteiger charge is 2.03. The molecular formula is C18H21NO3. The molecule has 0 bridgehead atoms. The van der Waals surface area contributed by atoms with Gasteiger partial charge >= 0.3 is 0 Å². The van der Waals surface area contributed by atoms with Gasteiger partial charge in [0.1, 0.15) is 11.5 Å². The van der Waals surface area contributed by atoms with Crippen molar-refractivity contribution in [3.8, 4) is 11.5 Å². The molecule has 2 aromatic carbocycles. The first kappa shape index (κ1) is 15.9. The third-order valence-corrected chi connectivity index (χ3v) is 2.99. The Balaban J connectivity index is 1.70. The van der Waals surface area contributed by atoms with Crippen LogP contribution in [0.25, 0.3) is 0 Å². The van der Waals surface area contributed by atoms with Gasteiger partial charge in [-0.25, -0.2) is 0 Å². The Labute approximate surface area is 131 Å². The fourth-order valence-corrected chi connectivity index (χ4v) is 1.99.